The van der Waals surface area contributed by atoms with Gasteiger partial charge in [-0.05, 0) is 55.5 Å². The van der Waals surface area contributed by atoms with Crippen molar-refractivity contribution in [3.63, 3.8) is 0 Å². The summed E-state index contributed by atoms with van der Waals surface area (Å²) in [5, 5.41) is 3.00. The lowest BCUT2D eigenvalue weighted by Crippen LogP contribution is -2.30. The minimum absolute atomic E-state index is 0.137. The highest BCUT2D eigenvalue weighted by atomic mass is 16.5. The van der Waals surface area contributed by atoms with Gasteiger partial charge in [-0.3, -0.25) is 4.79 Å². The summed E-state index contributed by atoms with van der Waals surface area (Å²) < 4.78 is 5.74. The Balaban J connectivity index is 2.07. The van der Waals surface area contributed by atoms with Crippen molar-refractivity contribution in [2.75, 3.05) is 5.32 Å². The number of carbonyl (C=O) groups excluding carboxylic acids is 1. The van der Waals surface area contributed by atoms with Crippen molar-refractivity contribution < 1.29 is 9.53 Å². The molecule has 122 valence electrons. The first kappa shape index (κ1) is 17.1. The van der Waals surface area contributed by atoms with E-state index in [1.807, 2.05) is 49.4 Å². The van der Waals surface area contributed by atoms with E-state index < -0.39 is 6.10 Å². The lowest BCUT2D eigenvalue weighted by Gasteiger charge is -2.18. The Bertz CT molecular complexity index is 666. The zero-order valence-electron chi connectivity index (χ0n) is 14.3. The molecule has 0 saturated carbocycles. The molecule has 0 radical (unpaired) electrons. The molecule has 0 aromatic heterocycles. The predicted molar refractivity (Wildman–Crippen MR) is 95.0 cm³/mol. The van der Waals surface area contributed by atoms with Crippen LogP contribution in [0.3, 0.4) is 0 Å². The van der Waals surface area contributed by atoms with Crippen LogP contribution in [0.25, 0.3) is 0 Å². The van der Waals surface area contributed by atoms with E-state index in [0.717, 1.165) is 23.2 Å². The van der Waals surface area contributed by atoms with Crippen molar-refractivity contribution in [1.82, 2.24) is 0 Å². The summed E-state index contributed by atoms with van der Waals surface area (Å²) in [6.07, 6.45) is 0.476. The van der Waals surface area contributed by atoms with Gasteiger partial charge in [0.25, 0.3) is 5.91 Å². The molecule has 3 heteroatoms. The van der Waals surface area contributed by atoms with Crippen LogP contribution in [0, 0.1) is 6.92 Å². The Hall–Kier alpha value is -2.29. The molecule has 1 N–H and O–H groups in total. The Kier molecular flexibility index (Phi) is 5.80. The van der Waals surface area contributed by atoms with Gasteiger partial charge >= 0.3 is 0 Å². The maximum Gasteiger partial charge on any atom is 0.265 e. The smallest absolute Gasteiger partial charge is 0.265 e. The fourth-order valence-electron chi connectivity index (χ4n) is 2.44. The van der Waals surface area contributed by atoms with Crippen molar-refractivity contribution in [3.05, 3.63) is 59.7 Å². The monoisotopic (exact) mass is 311 g/mol. The minimum Gasteiger partial charge on any atom is -0.481 e. The van der Waals surface area contributed by atoms with Crippen molar-refractivity contribution in [1.29, 1.82) is 0 Å². The fourth-order valence-corrected chi connectivity index (χ4v) is 2.44. The fraction of sp³-hybridized carbons (Fsp3) is 0.350. The van der Waals surface area contributed by atoms with Gasteiger partial charge in [-0.15, -0.1) is 0 Å². The van der Waals surface area contributed by atoms with Gasteiger partial charge in [-0.2, -0.15) is 0 Å². The maximum absolute atomic E-state index is 12.4. The van der Waals surface area contributed by atoms with Gasteiger partial charge in [0.05, 0.1) is 0 Å². The second-order valence-electron chi connectivity index (χ2n) is 5.96. The summed E-state index contributed by atoms with van der Waals surface area (Å²) in [6.45, 7) is 8.08. The number of ether oxygens (including phenoxy) is 1. The van der Waals surface area contributed by atoms with Crippen LogP contribution >= 0.6 is 0 Å². The average molecular weight is 311 g/mol. The van der Waals surface area contributed by atoms with E-state index in [4.69, 9.17) is 4.74 Å². The van der Waals surface area contributed by atoms with E-state index in [-0.39, 0.29) is 5.91 Å². The van der Waals surface area contributed by atoms with Crippen LogP contribution in [0.1, 0.15) is 44.2 Å². The normalized spacial score (nSPS) is 13.2. The third kappa shape index (κ3) is 4.59. The van der Waals surface area contributed by atoms with Crippen LogP contribution in [0.15, 0.2) is 48.5 Å². The number of anilines is 1. The summed E-state index contributed by atoms with van der Waals surface area (Å²) >= 11 is 0. The molecule has 23 heavy (non-hydrogen) atoms. The van der Waals surface area contributed by atoms with Gasteiger partial charge in [0.15, 0.2) is 6.10 Å². The highest BCUT2D eigenvalue weighted by Crippen LogP contribution is 2.26. The van der Waals surface area contributed by atoms with E-state index in [9.17, 15) is 4.79 Å². The topological polar surface area (TPSA) is 38.3 Å². The Labute approximate surface area is 138 Å². The van der Waals surface area contributed by atoms with Gasteiger partial charge in [-0.1, -0.05) is 44.2 Å². The minimum atomic E-state index is -0.554. The third-order valence-corrected chi connectivity index (χ3v) is 4.03. The summed E-state index contributed by atoms with van der Waals surface area (Å²) in [5.41, 5.74) is 3.13. The van der Waals surface area contributed by atoms with Crippen LogP contribution in [-0.4, -0.2) is 12.0 Å². The first-order valence-electron chi connectivity index (χ1n) is 8.14. The van der Waals surface area contributed by atoms with E-state index in [1.165, 1.54) is 0 Å². The average Bonchev–Trinajstić information content (AvgIpc) is 2.54. The van der Waals surface area contributed by atoms with Crippen LogP contribution in [0.4, 0.5) is 5.69 Å². The summed E-state index contributed by atoms with van der Waals surface area (Å²) in [6, 6.07) is 15.7. The first-order chi connectivity index (χ1) is 11.0. The number of benzene rings is 2. The summed E-state index contributed by atoms with van der Waals surface area (Å²) in [5.74, 6) is 0.976. The Morgan fingerprint density at radius 1 is 1.13 bits per heavy atom. The van der Waals surface area contributed by atoms with E-state index in [2.05, 4.69) is 25.2 Å². The summed E-state index contributed by atoms with van der Waals surface area (Å²) in [4.78, 5) is 12.4. The third-order valence-electron chi connectivity index (χ3n) is 4.03. The molecule has 0 saturated heterocycles. The van der Waals surface area contributed by atoms with Crippen LogP contribution in [-0.2, 0) is 4.79 Å². The zero-order chi connectivity index (χ0) is 16.8. The van der Waals surface area contributed by atoms with Gasteiger partial charge in [-0.25, -0.2) is 0 Å². The molecule has 0 bridgehead atoms. The van der Waals surface area contributed by atoms with Crippen molar-refractivity contribution in [2.24, 2.45) is 0 Å². The molecule has 0 heterocycles. The quantitative estimate of drug-likeness (QED) is 0.822. The lowest BCUT2D eigenvalue weighted by molar-refractivity contribution is -0.122. The highest BCUT2D eigenvalue weighted by Gasteiger charge is 2.17. The molecule has 1 amide bonds. The number of nitrogens with one attached hydrogen (secondary N) is 1. The molecule has 0 aliphatic heterocycles. The number of hydrogen-bond donors (Lipinski definition) is 1. The molecule has 0 spiro atoms. The number of amides is 1. The molecular weight excluding hydrogens is 286 g/mol. The maximum atomic E-state index is 12.4. The van der Waals surface area contributed by atoms with Crippen LogP contribution in [0.2, 0.25) is 0 Å². The number of rotatable bonds is 6. The molecule has 0 fully saturated rings. The molecule has 2 aromatic carbocycles. The van der Waals surface area contributed by atoms with Gasteiger partial charge in [0, 0.05) is 5.69 Å². The van der Waals surface area contributed by atoms with E-state index in [0.29, 0.717) is 11.7 Å². The molecule has 0 aliphatic carbocycles. The second-order valence-corrected chi connectivity index (χ2v) is 5.96. The van der Waals surface area contributed by atoms with Crippen molar-refractivity contribution in [2.45, 2.75) is 46.1 Å². The second kappa shape index (κ2) is 7.82. The van der Waals surface area contributed by atoms with Crippen molar-refractivity contribution >= 4 is 11.6 Å². The van der Waals surface area contributed by atoms with Crippen LogP contribution < -0.4 is 10.1 Å². The molecule has 0 unspecified atom stereocenters. The SMILES string of the molecule is CC[C@H](C)c1ccccc1NC(=O)[C@H](C)Oc1cccc(C)c1. The Morgan fingerprint density at radius 3 is 2.57 bits per heavy atom. The highest BCUT2D eigenvalue weighted by molar-refractivity contribution is 5.94. The van der Waals surface area contributed by atoms with Gasteiger partial charge in [0.2, 0.25) is 0 Å². The van der Waals surface area contributed by atoms with E-state index >= 15 is 0 Å². The Morgan fingerprint density at radius 2 is 1.87 bits per heavy atom. The predicted octanol–water partition coefficient (Wildman–Crippen LogP) is 4.91. The zero-order valence-corrected chi connectivity index (χ0v) is 14.3. The molecule has 0 aliphatic rings. The summed E-state index contributed by atoms with van der Waals surface area (Å²) in [7, 11) is 0. The number of hydrogen-bond acceptors (Lipinski definition) is 2. The van der Waals surface area contributed by atoms with E-state index in [1.54, 1.807) is 6.92 Å². The van der Waals surface area contributed by atoms with Gasteiger partial charge < -0.3 is 10.1 Å². The standard InChI is InChI=1S/C20H25NO2/c1-5-15(3)18-11-6-7-12-19(18)21-20(22)16(4)23-17-10-8-9-14(2)13-17/h6-13,15-16H,5H2,1-4H3,(H,21,22)/t15-,16-/m0/s1. The molecular formula is C20H25NO2. The first-order valence-corrected chi connectivity index (χ1v) is 8.14. The molecule has 2 aromatic rings. The number of para-hydroxylation sites is 1. The van der Waals surface area contributed by atoms with Crippen molar-refractivity contribution in [3.8, 4) is 5.75 Å². The molecule has 3 nitrogen and oxygen atoms in total. The van der Waals surface area contributed by atoms with Gasteiger partial charge in [0.1, 0.15) is 5.75 Å². The van der Waals surface area contributed by atoms with Crippen LogP contribution in [0.5, 0.6) is 5.75 Å². The lowest BCUT2D eigenvalue weighted by atomic mass is 9.97. The molecule has 2 rings (SSSR count). The number of aryl methyl sites for hydroxylation is 1. The molecule has 2 atom stereocenters. The number of carbonyl (C=O) groups is 1. The largest absolute Gasteiger partial charge is 0.481 e.